The number of aryl methyl sites for hydroxylation is 2. The van der Waals surface area contributed by atoms with Crippen LogP contribution in [0.2, 0.25) is 10.2 Å². The van der Waals surface area contributed by atoms with Crippen LogP contribution < -0.4 is 4.74 Å². The molecule has 0 fully saturated rings. The number of rotatable bonds is 3. The first kappa shape index (κ1) is 12.8. The van der Waals surface area contributed by atoms with Crippen molar-refractivity contribution in [1.29, 1.82) is 0 Å². The summed E-state index contributed by atoms with van der Waals surface area (Å²) in [6.45, 7) is 0.332. The lowest BCUT2D eigenvalue weighted by molar-refractivity contribution is 0.301. The van der Waals surface area contributed by atoms with E-state index in [-0.39, 0.29) is 0 Å². The maximum Gasteiger partial charge on any atom is 0.132 e. The fraction of sp³-hybridized carbons (Fsp3) is 0.267. The van der Waals surface area contributed by atoms with Crippen molar-refractivity contribution in [1.82, 2.24) is 4.98 Å². The Labute approximate surface area is 122 Å². The van der Waals surface area contributed by atoms with E-state index in [2.05, 4.69) is 17.1 Å². The molecule has 0 bridgehead atoms. The van der Waals surface area contributed by atoms with Crippen molar-refractivity contribution in [2.75, 3.05) is 0 Å². The molecule has 98 valence electrons. The van der Waals surface area contributed by atoms with E-state index in [9.17, 15) is 0 Å². The summed E-state index contributed by atoms with van der Waals surface area (Å²) in [7, 11) is 0. The van der Waals surface area contributed by atoms with Crippen LogP contribution in [-0.4, -0.2) is 4.98 Å². The molecule has 2 nitrogen and oxygen atoms in total. The van der Waals surface area contributed by atoms with Crippen LogP contribution in [0.3, 0.4) is 0 Å². The average molecular weight is 294 g/mol. The summed E-state index contributed by atoms with van der Waals surface area (Å²) in [6, 6.07) is 9.66. The minimum Gasteiger partial charge on any atom is -0.487 e. The summed E-state index contributed by atoms with van der Waals surface area (Å²) in [5, 5.41) is 1.00. The molecule has 1 aliphatic carbocycles. The number of hydrogen-bond acceptors (Lipinski definition) is 2. The van der Waals surface area contributed by atoms with Gasteiger partial charge in [-0.25, -0.2) is 4.98 Å². The molecule has 2 aromatic rings. The Morgan fingerprint density at radius 1 is 1.05 bits per heavy atom. The Hall–Kier alpha value is -1.25. The zero-order chi connectivity index (χ0) is 13.2. The lowest BCUT2D eigenvalue weighted by Gasteiger charge is -2.09. The van der Waals surface area contributed by atoms with Crippen molar-refractivity contribution in [2.24, 2.45) is 0 Å². The molecule has 0 spiro atoms. The molecule has 1 aromatic heterocycles. The van der Waals surface area contributed by atoms with E-state index in [1.807, 2.05) is 6.07 Å². The van der Waals surface area contributed by atoms with E-state index in [0.717, 1.165) is 12.2 Å². The molecule has 19 heavy (non-hydrogen) atoms. The molecule has 0 N–H and O–H groups in total. The standard InChI is InChI=1S/C15H13Cl2NO/c16-13-6-7-15(17)18-14(13)9-19-12-5-4-10-2-1-3-11(10)8-12/h4-8H,1-3,9H2. The van der Waals surface area contributed by atoms with Crippen molar-refractivity contribution in [3.05, 3.63) is 57.3 Å². The van der Waals surface area contributed by atoms with Gasteiger partial charge in [0.25, 0.3) is 0 Å². The highest BCUT2D eigenvalue weighted by molar-refractivity contribution is 6.32. The second-order valence-corrected chi connectivity index (χ2v) is 5.43. The third-order valence-electron chi connectivity index (χ3n) is 3.33. The Balaban J connectivity index is 1.74. The van der Waals surface area contributed by atoms with Crippen LogP contribution in [0.15, 0.2) is 30.3 Å². The molecule has 0 aliphatic heterocycles. The Kier molecular flexibility index (Phi) is 3.63. The molecule has 0 amide bonds. The van der Waals surface area contributed by atoms with E-state index in [1.165, 1.54) is 24.0 Å². The van der Waals surface area contributed by atoms with E-state index in [1.54, 1.807) is 12.1 Å². The van der Waals surface area contributed by atoms with Crippen molar-refractivity contribution in [3.8, 4) is 5.75 Å². The van der Waals surface area contributed by atoms with Gasteiger partial charge < -0.3 is 4.74 Å². The molecule has 3 rings (SSSR count). The Bertz CT molecular complexity index is 613. The average Bonchev–Trinajstić information content (AvgIpc) is 2.87. The highest BCUT2D eigenvalue weighted by Crippen LogP contribution is 2.27. The number of nitrogens with zero attached hydrogens (tertiary/aromatic N) is 1. The minimum atomic E-state index is 0.332. The number of fused-ring (bicyclic) bond motifs is 1. The third kappa shape index (κ3) is 2.85. The largest absolute Gasteiger partial charge is 0.487 e. The summed E-state index contributed by atoms with van der Waals surface area (Å²) in [5.74, 6) is 0.860. The topological polar surface area (TPSA) is 22.1 Å². The van der Waals surface area contributed by atoms with Gasteiger partial charge in [-0.3, -0.25) is 0 Å². The molecular formula is C15H13Cl2NO. The summed E-state index contributed by atoms with van der Waals surface area (Å²) in [4.78, 5) is 4.17. The SMILES string of the molecule is Clc1ccc(Cl)c(COc2ccc3c(c2)CCC3)n1. The minimum absolute atomic E-state index is 0.332. The highest BCUT2D eigenvalue weighted by Gasteiger charge is 2.11. The van der Waals surface area contributed by atoms with E-state index < -0.39 is 0 Å². The molecule has 1 heterocycles. The molecule has 0 radical (unpaired) electrons. The molecule has 0 saturated heterocycles. The number of pyridine rings is 1. The number of halogens is 2. The Morgan fingerprint density at radius 3 is 2.79 bits per heavy atom. The van der Waals surface area contributed by atoms with Crippen LogP contribution >= 0.6 is 23.2 Å². The van der Waals surface area contributed by atoms with E-state index in [4.69, 9.17) is 27.9 Å². The molecule has 1 aromatic carbocycles. The van der Waals surface area contributed by atoms with Crippen molar-refractivity contribution in [3.63, 3.8) is 0 Å². The fourth-order valence-electron chi connectivity index (χ4n) is 2.35. The summed E-state index contributed by atoms with van der Waals surface area (Å²) < 4.78 is 5.75. The van der Waals surface area contributed by atoms with Crippen molar-refractivity contribution in [2.45, 2.75) is 25.9 Å². The van der Waals surface area contributed by atoms with E-state index >= 15 is 0 Å². The summed E-state index contributed by atoms with van der Waals surface area (Å²) in [5.41, 5.74) is 3.49. The predicted octanol–water partition coefficient (Wildman–Crippen LogP) is 4.46. The molecule has 4 heteroatoms. The lowest BCUT2D eigenvalue weighted by Crippen LogP contribution is -2.00. The monoisotopic (exact) mass is 293 g/mol. The fourth-order valence-corrected chi connectivity index (χ4v) is 2.67. The summed E-state index contributed by atoms with van der Waals surface area (Å²) >= 11 is 11.9. The number of benzene rings is 1. The third-order valence-corrected chi connectivity index (χ3v) is 3.88. The van der Waals surface area contributed by atoms with Gasteiger partial charge in [0.2, 0.25) is 0 Å². The van der Waals surface area contributed by atoms with Crippen LogP contribution in [-0.2, 0) is 19.4 Å². The highest BCUT2D eigenvalue weighted by atomic mass is 35.5. The van der Waals surface area contributed by atoms with Gasteiger partial charge in [0.15, 0.2) is 0 Å². The zero-order valence-electron chi connectivity index (χ0n) is 10.3. The van der Waals surface area contributed by atoms with Crippen LogP contribution in [0.25, 0.3) is 0 Å². The van der Waals surface area contributed by atoms with Crippen LogP contribution in [0.4, 0.5) is 0 Å². The maximum atomic E-state index is 6.06. The first-order valence-corrected chi connectivity index (χ1v) is 7.03. The number of hydrogen-bond donors (Lipinski definition) is 0. The second-order valence-electron chi connectivity index (χ2n) is 4.64. The maximum absolute atomic E-state index is 6.06. The molecule has 0 saturated carbocycles. The number of ether oxygens (including phenoxy) is 1. The smallest absolute Gasteiger partial charge is 0.132 e. The Morgan fingerprint density at radius 2 is 1.89 bits per heavy atom. The lowest BCUT2D eigenvalue weighted by atomic mass is 10.1. The molecule has 0 atom stereocenters. The zero-order valence-corrected chi connectivity index (χ0v) is 11.8. The van der Waals surface area contributed by atoms with E-state index in [0.29, 0.717) is 22.5 Å². The van der Waals surface area contributed by atoms with Gasteiger partial charge in [-0.05, 0) is 54.7 Å². The van der Waals surface area contributed by atoms with Crippen molar-refractivity contribution >= 4 is 23.2 Å². The van der Waals surface area contributed by atoms with Gasteiger partial charge in [0.05, 0.1) is 10.7 Å². The van der Waals surface area contributed by atoms with Gasteiger partial charge in [-0.1, -0.05) is 29.3 Å². The summed E-state index contributed by atoms with van der Waals surface area (Å²) in [6.07, 6.45) is 3.56. The van der Waals surface area contributed by atoms with Gasteiger partial charge in [0.1, 0.15) is 17.5 Å². The van der Waals surface area contributed by atoms with Gasteiger partial charge in [0, 0.05) is 0 Å². The van der Waals surface area contributed by atoms with Crippen LogP contribution in [0, 0.1) is 0 Å². The van der Waals surface area contributed by atoms with Gasteiger partial charge in [-0.15, -0.1) is 0 Å². The van der Waals surface area contributed by atoms with Gasteiger partial charge >= 0.3 is 0 Å². The predicted molar refractivity (Wildman–Crippen MR) is 77.1 cm³/mol. The first-order valence-electron chi connectivity index (χ1n) is 6.28. The van der Waals surface area contributed by atoms with Crippen LogP contribution in [0.1, 0.15) is 23.2 Å². The molecule has 1 aliphatic rings. The normalized spacial score (nSPS) is 13.4. The molecular weight excluding hydrogens is 281 g/mol. The number of aromatic nitrogens is 1. The quantitative estimate of drug-likeness (QED) is 0.780. The first-order chi connectivity index (χ1) is 9.22. The molecule has 0 unspecified atom stereocenters. The second kappa shape index (κ2) is 5.40. The van der Waals surface area contributed by atoms with Gasteiger partial charge in [-0.2, -0.15) is 0 Å². The van der Waals surface area contributed by atoms with Crippen LogP contribution in [0.5, 0.6) is 5.75 Å². The van der Waals surface area contributed by atoms with Crippen molar-refractivity contribution < 1.29 is 4.74 Å².